The van der Waals surface area contributed by atoms with Gasteiger partial charge in [-0.3, -0.25) is 0 Å². The molecule has 0 saturated heterocycles. The number of aromatic nitrogens is 5. The number of nitrogens with zero attached hydrogens (tertiary/aromatic N) is 5. The summed E-state index contributed by atoms with van der Waals surface area (Å²) in [4.78, 5) is 25.2. The Hall–Kier alpha value is -7.11. The lowest BCUT2D eigenvalue weighted by Gasteiger charge is -2.76. The minimum atomic E-state index is 0.440. The summed E-state index contributed by atoms with van der Waals surface area (Å²) in [7, 11) is 0. The van der Waals surface area contributed by atoms with E-state index in [1.807, 2.05) is 60.7 Å². The van der Waals surface area contributed by atoms with Gasteiger partial charge < -0.3 is 0 Å². The van der Waals surface area contributed by atoms with Crippen molar-refractivity contribution in [2.75, 3.05) is 0 Å². The summed E-state index contributed by atoms with van der Waals surface area (Å²) in [5, 5.41) is 2.30. The highest BCUT2D eigenvalue weighted by atomic mass is 15.0. The Balaban J connectivity index is 0.916. The van der Waals surface area contributed by atoms with Crippen LogP contribution in [0.3, 0.4) is 0 Å². The Morgan fingerprint density at radius 1 is 0.356 bits per heavy atom. The molecule has 9 aromatic rings. The molecular weight excluding hydrogens is 719 g/mol. The monoisotopic (exact) mass is 757 g/mol. The summed E-state index contributed by atoms with van der Waals surface area (Å²) < 4.78 is 0. The van der Waals surface area contributed by atoms with Crippen molar-refractivity contribution in [3.8, 4) is 79.2 Å². The van der Waals surface area contributed by atoms with Crippen LogP contribution in [0.4, 0.5) is 0 Å². The molecule has 0 aliphatic heterocycles. The third-order valence-corrected chi connectivity index (χ3v) is 13.4. The van der Waals surface area contributed by atoms with Gasteiger partial charge in [0, 0.05) is 33.4 Å². The molecule has 12 rings (SSSR count). The van der Waals surface area contributed by atoms with Crippen molar-refractivity contribution in [3.63, 3.8) is 0 Å². The van der Waals surface area contributed by atoms with Gasteiger partial charge >= 0.3 is 0 Å². The Morgan fingerprint density at radius 2 is 0.780 bits per heavy atom. The van der Waals surface area contributed by atoms with Gasteiger partial charge in [0.15, 0.2) is 23.3 Å². The van der Waals surface area contributed by atoms with Gasteiger partial charge in [0.05, 0.1) is 11.4 Å². The van der Waals surface area contributed by atoms with E-state index in [4.69, 9.17) is 24.9 Å². The van der Waals surface area contributed by atoms with Gasteiger partial charge in [-0.05, 0) is 76.0 Å². The lowest BCUT2D eigenvalue weighted by molar-refractivity contribution is -0.219. The van der Waals surface area contributed by atoms with Crippen LogP contribution < -0.4 is 0 Å². The predicted octanol–water partition coefficient (Wildman–Crippen LogP) is 12.8. The number of hydrogen-bond acceptors (Lipinski definition) is 5. The van der Waals surface area contributed by atoms with E-state index >= 15 is 0 Å². The minimum absolute atomic E-state index is 0.440. The van der Waals surface area contributed by atoms with Gasteiger partial charge in [-0.25, -0.2) is 24.9 Å². The first-order chi connectivity index (χ1) is 29.2. The van der Waals surface area contributed by atoms with Crippen LogP contribution >= 0.6 is 0 Å². The van der Waals surface area contributed by atoms with E-state index in [-0.39, 0.29) is 0 Å². The highest BCUT2D eigenvalue weighted by molar-refractivity contribution is 6.05. The highest BCUT2D eigenvalue weighted by Gasteiger charge is 2.71. The maximum atomic E-state index is 5.30. The summed E-state index contributed by atoms with van der Waals surface area (Å²) in [6, 6.07) is 63.7. The van der Waals surface area contributed by atoms with Crippen LogP contribution in [0.1, 0.15) is 24.8 Å². The first-order valence-corrected chi connectivity index (χ1v) is 20.7. The summed E-state index contributed by atoms with van der Waals surface area (Å²) in [5.74, 6) is 5.58. The molecule has 59 heavy (non-hydrogen) atoms. The average Bonchev–Trinajstić information content (AvgIpc) is 3.31. The van der Waals surface area contributed by atoms with E-state index in [2.05, 4.69) is 121 Å². The van der Waals surface area contributed by atoms with Crippen molar-refractivity contribution in [3.05, 3.63) is 188 Å². The summed E-state index contributed by atoms with van der Waals surface area (Å²) in [5.41, 5.74) is 12.1. The third kappa shape index (κ3) is 5.64. The van der Waals surface area contributed by atoms with Crippen molar-refractivity contribution in [1.29, 1.82) is 0 Å². The number of hydrogen-bond donors (Lipinski definition) is 0. The highest BCUT2D eigenvalue weighted by Crippen LogP contribution is 2.77. The fourth-order valence-corrected chi connectivity index (χ4v) is 10.5. The zero-order valence-electron chi connectivity index (χ0n) is 32.4. The zero-order chi connectivity index (χ0) is 38.9. The van der Waals surface area contributed by atoms with Gasteiger partial charge in [0.25, 0.3) is 0 Å². The molecule has 3 aliphatic rings. The van der Waals surface area contributed by atoms with E-state index in [0.717, 1.165) is 90.2 Å². The van der Waals surface area contributed by atoms with Crippen LogP contribution in [0.2, 0.25) is 0 Å². The molecule has 2 atom stereocenters. The number of benzene rings is 7. The topological polar surface area (TPSA) is 64.5 Å². The van der Waals surface area contributed by atoms with Gasteiger partial charge in [0.1, 0.15) is 0 Å². The minimum Gasteiger partial charge on any atom is -0.228 e. The Labute approximate surface area is 343 Å². The molecule has 2 aromatic heterocycles. The molecule has 3 aliphatic carbocycles. The molecule has 2 heterocycles. The first-order valence-electron chi connectivity index (χ1n) is 20.7. The van der Waals surface area contributed by atoms with Crippen molar-refractivity contribution in [2.24, 2.45) is 17.8 Å². The molecule has 7 aromatic carbocycles. The zero-order valence-corrected chi connectivity index (χ0v) is 32.4. The quantitative estimate of drug-likeness (QED) is 0.154. The smallest absolute Gasteiger partial charge is 0.164 e. The Kier molecular flexibility index (Phi) is 7.77. The van der Waals surface area contributed by atoms with E-state index in [1.54, 1.807) is 0 Å². The molecule has 2 unspecified atom stereocenters. The summed E-state index contributed by atoms with van der Waals surface area (Å²) in [6.45, 7) is 0. The second-order valence-corrected chi connectivity index (χ2v) is 16.6. The maximum absolute atomic E-state index is 5.30. The molecule has 3 fully saturated rings. The normalized spacial score (nSPS) is 19.9. The standard InChI is InChI=1S/C54H39N5/c1-4-12-35(13-5-1)47-31-48(56-50(55-47)39-24-26-42(27-25-39)54-32-40-30-41(33-54)49(40)54)46-29-28-43(44-18-10-11-19-45(44)46)34-20-22-38(23-21-34)53-58-51(36-14-6-2-7-15-36)57-52(59-53)37-16-8-3-9-17-37/h1-29,31,40-41,49H,30,32-33H2. The van der Waals surface area contributed by atoms with E-state index in [9.17, 15) is 0 Å². The van der Waals surface area contributed by atoms with Crippen molar-refractivity contribution in [2.45, 2.75) is 24.7 Å². The molecule has 0 amide bonds. The summed E-state index contributed by atoms with van der Waals surface area (Å²) in [6.07, 6.45) is 4.20. The largest absolute Gasteiger partial charge is 0.228 e. The fraction of sp³-hybridized carbons (Fsp3) is 0.130. The second-order valence-electron chi connectivity index (χ2n) is 16.6. The molecule has 5 heteroatoms. The molecule has 0 spiro atoms. The maximum Gasteiger partial charge on any atom is 0.164 e. The number of fused-ring (bicyclic) bond motifs is 1. The molecule has 0 bridgehead atoms. The Bertz CT molecular complexity index is 2950. The lowest BCUT2D eigenvalue weighted by Crippen LogP contribution is -2.71. The van der Waals surface area contributed by atoms with Crippen LogP contribution in [0.25, 0.3) is 90.0 Å². The third-order valence-electron chi connectivity index (χ3n) is 13.4. The van der Waals surface area contributed by atoms with Gasteiger partial charge in [-0.2, -0.15) is 0 Å². The first kappa shape index (κ1) is 34.0. The van der Waals surface area contributed by atoms with Gasteiger partial charge in [-0.1, -0.05) is 176 Å². The molecule has 0 radical (unpaired) electrons. The number of rotatable bonds is 8. The molecule has 3 saturated carbocycles. The van der Waals surface area contributed by atoms with E-state index < -0.39 is 0 Å². The van der Waals surface area contributed by atoms with Crippen molar-refractivity contribution in [1.82, 2.24) is 24.9 Å². The summed E-state index contributed by atoms with van der Waals surface area (Å²) >= 11 is 0. The lowest BCUT2D eigenvalue weighted by atomic mass is 9.28. The van der Waals surface area contributed by atoms with Crippen LogP contribution in [0.15, 0.2) is 182 Å². The Morgan fingerprint density at radius 3 is 1.32 bits per heavy atom. The second kappa shape index (κ2) is 13.5. The molecule has 5 nitrogen and oxygen atoms in total. The van der Waals surface area contributed by atoms with Crippen molar-refractivity contribution < 1.29 is 0 Å². The van der Waals surface area contributed by atoms with E-state index in [1.165, 1.54) is 24.8 Å². The van der Waals surface area contributed by atoms with E-state index in [0.29, 0.717) is 22.9 Å². The average molecular weight is 758 g/mol. The van der Waals surface area contributed by atoms with Crippen LogP contribution in [0.5, 0.6) is 0 Å². The fourth-order valence-electron chi connectivity index (χ4n) is 10.5. The van der Waals surface area contributed by atoms with Gasteiger partial charge in [-0.15, -0.1) is 0 Å². The molecule has 0 N–H and O–H groups in total. The van der Waals surface area contributed by atoms with Crippen LogP contribution in [0, 0.1) is 17.8 Å². The van der Waals surface area contributed by atoms with Crippen molar-refractivity contribution >= 4 is 10.8 Å². The SMILES string of the molecule is c1ccc(-c2cc(-c3ccc(-c4ccc(-c5nc(-c6ccccc6)nc(-c6ccccc6)n5)cc4)c4ccccc34)nc(-c3ccc(C45CC6CC(C4)C65)cc3)n2)cc1. The molecular formula is C54H39N5. The van der Waals surface area contributed by atoms with Crippen LogP contribution in [-0.2, 0) is 5.41 Å². The van der Waals surface area contributed by atoms with Gasteiger partial charge in [0.2, 0.25) is 0 Å². The van der Waals surface area contributed by atoms with Crippen LogP contribution in [-0.4, -0.2) is 24.9 Å². The predicted molar refractivity (Wildman–Crippen MR) is 237 cm³/mol. The molecule has 280 valence electrons.